The number of hydrogen-bond acceptors (Lipinski definition) is 5. The van der Waals surface area contributed by atoms with Crippen LogP contribution in [0, 0.1) is 0 Å². The molecule has 1 N–H and O–H groups in total. The Morgan fingerprint density at radius 3 is 2.58 bits per heavy atom. The van der Waals surface area contributed by atoms with Crippen LogP contribution in [0.25, 0.3) is 0 Å². The predicted octanol–water partition coefficient (Wildman–Crippen LogP) is 4.43. The Hall–Kier alpha value is -2.74. The molecule has 2 aromatic carbocycles. The zero-order valence-electron chi connectivity index (χ0n) is 13.5. The van der Waals surface area contributed by atoms with Crippen LogP contribution in [0.15, 0.2) is 66.1 Å². The molecular formula is C18H15F2N3O2S. The molecule has 0 aliphatic heterocycles. The van der Waals surface area contributed by atoms with Crippen LogP contribution < -0.4 is 0 Å². The van der Waals surface area contributed by atoms with E-state index in [1.165, 1.54) is 36.3 Å². The number of halogens is 2. The number of hydrogen-bond donors (Lipinski definition) is 1. The lowest BCUT2D eigenvalue weighted by molar-refractivity contribution is 0.0347. The van der Waals surface area contributed by atoms with Crippen LogP contribution in [-0.2, 0) is 4.74 Å². The third-order valence-corrected chi connectivity index (χ3v) is 4.50. The van der Waals surface area contributed by atoms with Crippen molar-refractivity contribution in [2.24, 2.45) is 0 Å². The van der Waals surface area contributed by atoms with E-state index in [0.717, 1.165) is 11.6 Å². The maximum Gasteiger partial charge on any atom is 0.338 e. The molecule has 0 bridgehead atoms. The third-order valence-electron chi connectivity index (χ3n) is 3.56. The third kappa shape index (κ3) is 4.66. The molecule has 0 amide bonds. The number of thioether (sulfide) groups is 1. The minimum atomic E-state index is -2.64. The summed E-state index contributed by atoms with van der Waals surface area (Å²) in [5.74, 6) is -0.251. The predicted molar refractivity (Wildman–Crippen MR) is 93.1 cm³/mol. The van der Waals surface area contributed by atoms with Gasteiger partial charge in [-0.1, -0.05) is 54.2 Å². The van der Waals surface area contributed by atoms with Crippen LogP contribution in [-0.4, -0.2) is 26.9 Å². The van der Waals surface area contributed by atoms with Crippen molar-refractivity contribution in [2.75, 3.05) is 5.75 Å². The number of nitrogens with zero attached hydrogens (tertiary/aromatic N) is 2. The topological polar surface area (TPSA) is 67.9 Å². The summed E-state index contributed by atoms with van der Waals surface area (Å²) in [5.41, 5.74) is 0.679. The van der Waals surface area contributed by atoms with Gasteiger partial charge in [0.2, 0.25) is 0 Å². The zero-order chi connectivity index (χ0) is 18.4. The molecule has 0 aliphatic carbocycles. The molecule has 0 saturated carbocycles. The maximum absolute atomic E-state index is 12.8. The van der Waals surface area contributed by atoms with Crippen LogP contribution >= 0.6 is 11.8 Å². The van der Waals surface area contributed by atoms with E-state index in [0.29, 0.717) is 10.9 Å². The Bertz CT molecular complexity index is 845. The molecule has 3 rings (SSSR count). The molecule has 3 aromatic rings. The van der Waals surface area contributed by atoms with E-state index in [-0.39, 0.29) is 11.1 Å². The van der Waals surface area contributed by atoms with Crippen molar-refractivity contribution in [3.05, 3.63) is 77.6 Å². The van der Waals surface area contributed by atoms with Gasteiger partial charge in [0.05, 0.1) is 5.56 Å². The van der Waals surface area contributed by atoms with Gasteiger partial charge in [-0.3, -0.25) is 5.10 Å². The first-order valence-electron chi connectivity index (χ1n) is 7.75. The highest BCUT2D eigenvalue weighted by molar-refractivity contribution is 7.99. The summed E-state index contributed by atoms with van der Waals surface area (Å²) in [6.45, 7) is 0. The summed E-state index contributed by atoms with van der Waals surface area (Å²) in [5, 5.41) is 7.10. The number of aromatic nitrogens is 3. The second-order valence-corrected chi connectivity index (χ2v) is 6.34. The average molecular weight is 375 g/mol. The van der Waals surface area contributed by atoms with E-state index < -0.39 is 18.5 Å². The Labute approximate surface area is 152 Å². The molecule has 0 fully saturated rings. The molecular weight excluding hydrogens is 360 g/mol. The Morgan fingerprint density at radius 2 is 1.88 bits per heavy atom. The van der Waals surface area contributed by atoms with Crippen molar-refractivity contribution in [1.29, 1.82) is 0 Å². The van der Waals surface area contributed by atoms with Crippen molar-refractivity contribution < 1.29 is 18.3 Å². The lowest BCUT2D eigenvalue weighted by atomic mass is 10.1. The van der Waals surface area contributed by atoms with E-state index in [2.05, 4.69) is 15.2 Å². The molecule has 1 heterocycles. The number of aromatic amines is 1. The van der Waals surface area contributed by atoms with Crippen LogP contribution in [0.2, 0.25) is 0 Å². The van der Waals surface area contributed by atoms with Gasteiger partial charge >= 0.3 is 5.97 Å². The van der Waals surface area contributed by atoms with Gasteiger partial charge in [0, 0.05) is 11.3 Å². The number of ether oxygens (including phenoxy) is 1. The number of H-pyrrole nitrogens is 1. The quantitative estimate of drug-likeness (QED) is 0.489. The van der Waals surface area contributed by atoms with Gasteiger partial charge in [-0.2, -0.15) is 5.10 Å². The molecule has 1 unspecified atom stereocenters. The fourth-order valence-corrected chi connectivity index (χ4v) is 3.09. The second kappa shape index (κ2) is 8.57. The van der Waals surface area contributed by atoms with Crippen molar-refractivity contribution in [3.63, 3.8) is 0 Å². The van der Waals surface area contributed by atoms with Crippen LogP contribution in [0.5, 0.6) is 0 Å². The summed E-state index contributed by atoms with van der Waals surface area (Å²) in [6.07, 6.45) is -1.81. The summed E-state index contributed by atoms with van der Waals surface area (Å²) < 4.78 is 31.3. The molecule has 1 atom stereocenters. The Kier molecular flexibility index (Phi) is 5.96. The number of carbonyl (C=O) groups excluding carboxylic acids is 1. The number of nitrogens with one attached hydrogen (secondary N) is 1. The Morgan fingerprint density at radius 1 is 1.12 bits per heavy atom. The highest BCUT2D eigenvalue weighted by atomic mass is 32.2. The van der Waals surface area contributed by atoms with Gasteiger partial charge in [0.25, 0.3) is 6.43 Å². The van der Waals surface area contributed by atoms with Crippen LogP contribution in [0.4, 0.5) is 8.78 Å². The highest BCUT2D eigenvalue weighted by Crippen LogP contribution is 2.27. The minimum absolute atomic E-state index is 0.0911. The standard InChI is InChI=1S/C18H15F2N3O2S/c19-16(20)13-7-4-8-14(9-13)17(24)25-15(12-5-2-1-3-6-12)10-26-18-21-11-22-23-18/h1-9,11,15-16H,10H2,(H,21,22,23). The lowest BCUT2D eigenvalue weighted by Crippen LogP contribution is -2.14. The largest absolute Gasteiger partial charge is 0.453 e. The van der Waals surface area contributed by atoms with E-state index >= 15 is 0 Å². The first kappa shape index (κ1) is 18.1. The first-order valence-corrected chi connectivity index (χ1v) is 8.74. The molecule has 0 spiro atoms. The molecule has 8 heteroatoms. The van der Waals surface area contributed by atoms with Gasteiger partial charge in [-0.25, -0.2) is 18.6 Å². The van der Waals surface area contributed by atoms with Crippen molar-refractivity contribution in [2.45, 2.75) is 17.7 Å². The van der Waals surface area contributed by atoms with Gasteiger partial charge in [0.15, 0.2) is 5.16 Å². The van der Waals surface area contributed by atoms with Gasteiger partial charge in [0.1, 0.15) is 12.4 Å². The molecule has 0 saturated heterocycles. The van der Waals surface area contributed by atoms with Crippen LogP contribution in [0.3, 0.4) is 0 Å². The number of carbonyl (C=O) groups is 1. The summed E-state index contributed by atoms with van der Waals surface area (Å²) in [6, 6.07) is 14.5. The minimum Gasteiger partial charge on any atom is -0.453 e. The molecule has 0 aliphatic rings. The lowest BCUT2D eigenvalue weighted by Gasteiger charge is -2.18. The Balaban J connectivity index is 1.76. The van der Waals surface area contributed by atoms with Crippen molar-refractivity contribution >= 4 is 17.7 Å². The number of alkyl halides is 2. The summed E-state index contributed by atoms with van der Waals surface area (Å²) in [7, 11) is 0. The molecule has 134 valence electrons. The average Bonchev–Trinajstić information content (AvgIpc) is 3.19. The fraction of sp³-hybridized carbons (Fsp3) is 0.167. The van der Waals surface area contributed by atoms with Crippen molar-refractivity contribution in [1.82, 2.24) is 15.2 Å². The molecule has 5 nitrogen and oxygen atoms in total. The van der Waals surface area contributed by atoms with Crippen LogP contribution in [0.1, 0.15) is 34.0 Å². The van der Waals surface area contributed by atoms with E-state index in [9.17, 15) is 13.6 Å². The SMILES string of the molecule is O=C(OC(CSc1ncn[nH]1)c1ccccc1)c1cccc(C(F)F)c1. The van der Waals surface area contributed by atoms with E-state index in [1.807, 2.05) is 30.3 Å². The number of benzene rings is 2. The molecule has 1 aromatic heterocycles. The summed E-state index contributed by atoms with van der Waals surface area (Å²) >= 11 is 1.35. The van der Waals surface area contributed by atoms with Gasteiger partial charge in [-0.05, 0) is 17.7 Å². The zero-order valence-corrected chi connectivity index (χ0v) is 14.3. The second-order valence-electron chi connectivity index (χ2n) is 5.33. The monoisotopic (exact) mass is 375 g/mol. The van der Waals surface area contributed by atoms with Crippen molar-refractivity contribution in [3.8, 4) is 0 Å². The molecule has 0 radical (unpaired) electrons. The maximum atomic E-state index is 12.8. The fourth-order valence-electron chi connectivity index (χ4n) is 2.28. The first-order chi connectivity index (χ1) is 12.6. The summed E-state index contributed by atoms with van der Waals surface area (Å²) in [4.78, 5) is 16.5. The smallest absolute Gasteiger partial charge is 0.338 e. The molecule has 26 heavy (non-hydrogen) atoms. The van der Waals surface area contributed by atoms with E-state index in [1.54, 1.807) is 0 Å². The van der Waals surface area contributed by atoms with E-state index in [4.69, 9.17) is 4.74 Å². The van der Waals surface area contributed by atoms with Gasteiger partial charge in [-0.15, -0.1) is 0 Å². The number of esters is 1. The highest BCUT2D eigenvalue weighted by Gasteiger charge is 2.20. The number of rotatable bonds is 7. The normalized spacial score (nSPS) is 12.1. The van der Waals surface area contributed by atoms with Gasteiger partial charge < -0.3 is 4.74 Å².